The van der Waals surface area contributed by atoms with Crippen LogP contribution in [0.4, 0.5) is 5.95 Å². The number of carboxylic acids is 1. The molecule has 1 aromatic rings. The third kappa shape index (κ3) is 3.40. The van der Waals surface area contributed by atoms with Gasteiger partial charge in [-0.15, -0.1) is 10.2 Å². The van der Waals surface area contributed by atoms with Gasteiger partial charge in [0.1, 0.15) is 0 Å². The quantitative estimate of drug-likeness (QED) is 0.576. The van der Waals surface area contributed by atoms with Crippen molar-refractivity contribution < 1.29 is 15.0 Å². The zero-order chi connectivity index (χ0) is 11.4. The minimum atomic E-state index is -1.03. The molecule has 1 rings (SSSR count). The van der Waals surface area contributed by atoms with Crippen LogP contribution in [0.5, 0.6) is 0 Å². The Hall–Kier alpha value is -1.28. The Bertz CT molecular complexity index is 354. The summed E-state index contributed by atoms with van der Waals surface area (Å²) in [6, 6.07) is 0. The predicted molar refractivity (Wildman–Crippen MR) is 54.4 cm³/mol. The number of aliphatic hydroxyl groups is 1. The second-order valence-electron chi connectivity index (χ2n) is 2.96. The van der Waals surface area contributed by atoms with Crippen molar-refractivity contribution in [3.05, 3.63) is 0 Å². The monoisotopic (exact) mass is 232 g/mol. The van der Waals surface area contributed by atoms with Crippen LogP contribution in [0.15, 0.2) is 5.16 Å². The molecule has 0 radical (unpaired) electrons. The van der Waals surface area contributed by atoms with Gasteiger partial charge in [0.25, 0.3) is 0 Å². The van der Waals surface area contributed by atoms with E-state index >= 15 is 0 Å². The molecule has 8 heteroatoms. The van der Waals surface area contributed by atoms with Crippen molar-refractivity contribution >= 4 is 23.7 Å². The highest BCUT2D eigenvalue weighted by molar-refractivity contribution is 7.99. The number of rotatable bonds is 5. The number of nitrogen functional groups attached to an aromatic ring is 1. The summed E-state index contributed by atoms with van der Waals surface area (Å²) in [4.78, 5) is 10.3. The lowest BCUT2D eigenvalue weighted by atomic mass is 10.3. The molecule has 0 spiro atoms. The van der Waals surface area contributed by atoms with Crippen molar-refractivity contribution in [3.63, 3.8) is 0 Å². The summed E-state index contributed by atoms with van der Waals surface area (Å²) in [7, 11) is 1.70. The molecule has 0 bridgehead atoms. The Labute approximate surface area is 90.3 Å². The van der Waals surface area contributed by atoms with Crippen molar-refractivity contribution in [2.24, 2.45) is 7.05 Å². The van der Waals surface area contributed by atoms with Gasteiger partial charge in [-0.05, 0) is 0 Å². The van der Waals surface area contributed by atoms with Crippen LogP contribution in [0.25, 0.3) is 0 Å². The van der Waals surface area contributed by atoms with E-state index in [-0.39, 0.29) is 18.1 Å². The summed E-state index contributed by atoms with van der Waals surface area (Å²) < 4.78 is 1.57. The number of hydrogen-bond donors (Lipinski definition) is 3. The first-order valence-corrected chi connectivity index (χ1v) is 5.16. The molecule has 1 atom stereocenters. The van der Waals surface area contributed by atoms with Crippen molar-refractivity contribution in [2.45, 2.75) is 17.7 Å². The largest absolute Gasteiger partial charge is 0.481 e. The number of anilines is 1. The lowest BCUT2D eigenvalue weighted by Gasteiger charge is -2.06. The van der Waals surface area contributed by atoms with Gasteiger partial charge in [-0.3, -0.25) is 9.36 Å². The lowest BCUT2D eigenvalue weighted by Crippen LogP contribution is -2.15. The second-order valence-corrected chi connectivity index (χ2v) is 3.95. The highest BCUT2D eigenvalue weighted by atomic mass is 32.2. The molecule has 0 fully saturated rings. The van der Waals surface area contributed by atoms with Gasteiger partial charge >= 0.3 is 5.97 Å². The molecule has 7 nitrogen and oxygen atoms in total. The Morgan fingerprint density at radius 2 is 2.33 bits per heavy atom. The summed E-state index contributed by atoms with van der Waals surface area (Å²) in [5, 5.41) is 25.6. The van der Waals surface area contributed by atoms with Gasteiger partial charge in [0.15, 0.2) is 5.16 Å². The Morgan fingerprint density at radius 1 is 1.67 bits per heavy atom. The standard InChI is InChI=1S/C7H12N4O3S/c1-11-6(8)9-10-7(11)15-3-4(12)2-5(13)14/h4,12H,2-3H2,1H3,(H2,8,9)(H,13,14). The molecule has 1 heterocycles. The van der Waals surface area contributed by atoms with Crippen LogP contribution < -0.4 is 5.73 Å². The maximum atomic E-state index is 10.3. The van der Waals surface area contributed by atoms with E-state index in [9.17, 15) is 9.90 Å². The third-order valence-corrected chi connectivity index (χ3v) is 2.85. The van der Waals surface area contributed by atoms with Gasteiger partial charge in [0.2, 0.25) is 5.95 Å². The number of aliphatic hydroxyl groups excluding tert-OH is 1. The minimum absolute atomic E-state index is 0.248. The Kier molecular flexibility index (Phi) is 3.92. The number of nitrogens with zero attached hydrogens (tertiary/aromatic N) is 3. The lowest BCUT2D eigenvalue weighted by molar-refractivity contribution is -0.138. The molecule has 15 heavy (non-hydrogen) atoms. The molecular weight excluding hydrogens is 220 g/mol. The third-order valence-electron chi connectivity index (χ3n) is 1.68. The fourth-order valence-electron chi connectivity index (χ4n) is 0.883. The van der Waals surface area contributed by atoms with E-state index in [0.717, 1.165) is 0 Å². The van der Waals surface area contributed by atoms with E-state index in [4.69, 9.17) is 10.8 Å². The van der Waals surface area contributed by atoms with Crippen molar-refractivity contribution in [1.82, 2.24) is 14.8 Å². The van der Waals surface area contributed by atoms with Crippen LogP contribution in [-0.4, -0.2) is 42.8 Å². The van der Waals surface area contributed by atoms with E-state index < -0.39 is 12.1 Å². The average molecular weight is 232 g/mol. The summed E-state index contributed by atoms with van der Waals surface area (Å²) in [5.41, 5.74) is 5.45. The number of aliphatic carboxylic acids is 1. The molecule has 0 amide bonds. The Morgan fingerprint density at radius 3 is 2.80 bits per heavy atom. The number of carboxylic acid groups (broad SMARTS) is 1. The average Bonchev–Trinajstić information content (AvgIpc) is 2.44. The van der Waals surface area contributed by atoms with Crippen LogP contribution in [0.1, 0.15) is 6.42 Å². The normalized spacial score (nSPS) is 12.7. The minimum Gasteiger partial charge on any atom is -0.481 e. The highest BCUT2D eigenvalue weighted by Crippen LogP contribution is 2.17. The molecule has 4 N–H and O–H groups in total. The summed E-state index contributed by atoms with van der Waals surface area (Å²) in [5.74, 6) is -0.496. The van der Waals surface area contributed by atoms with Crippen molar-refractivity contribution in [2.75, 3.05) is 11.5 Å². The maximum Gasteiger partial charge on any atom is 0.306 e. The molecule has 0 aliphatic carbocycles. The van der Waals surface area contributed by atoms with E-state index in [2.05, 4.69) is 10.2 Å². The summed E-state index contributed by atoms with van der Waals surface area (Å²) in [6.45, 7) is 0. The SMILES string of the molecule is Cn1c(N)nnc1SCC(O)CC(=O)O. The van der Waals surface area contributed by atoms with Crippen LogP contribution in [0, 0.1) is 0 Å². The van der Waals surface area contributed by atoms with Crippen LogP contribution in [-0.2, 0) is 11.8 Å². The topological polar surface area (TPSA) is 114 Å². The summed E-state index contributed by atoms with van der Waals surface area (Å²) >= 11 is 1.21. The number of carbonyl (C=O) groups is 1. The highest BCUT2D eigenvalue weighted by Gasteiger charge is 2.12. The second kappa shape index (κ2) is 4.99. The van der Waals surface area contributed by atoms with Gasteiger partial charge in [-0.1, -0.05) is 11.8 Å². The fourth-order valence-corrected chi connectivity index (χ4v) is 1.73. The molecule has 1 aromatic heterocycles. The van der Waals surface area contributed by atoms with Gasteiger partial charge in [-0.25, -0.2) is 0 Å². The molecule has 84 valence electrons. The molecule has 0 saturated heterocycles. The van der Waals surface area contributed by atoms with E-state index in [1.165, 1.54) is 11.8 Å². The molecule has 0 aliphatic rings. The summed E-state index contributed by atoms with van der Waals surface area (Å²) in [6.07, 6.45) is -1.18. The zero-order valence-electron chi connectivity index (χ0n) is 8.12. The van der Waals surface area contributed by atoms with Gasteiger partial charge in [0, 0.05) is 12.8 Å². The van der Waals surface area contributed by atoms with Crippen LogP contribution >= 0.6 is 11.8 Å². The molecule has 0 aromatic carbocycles. The fraction of sp³-hybridized carbons (Fsp3) is 0.571. The Balaban J connectivity index is 2.43. The van der Waals surface area contributed by atoms with E-state index in [0.29, 0.717) is 5.16 Å². The molecule has 0 saturated carbocycles. The number of nitrogens with two attached hydrogens (primary N) is 1. The smallest absolute Gasteiger partial charge is 0.306 e. The molecular formula is C7H12N4O3S. The predicted octanol–water partition coefficient (Wildman–Crippen LogP) is -0.675. The first kappa shape index (κ1) is 11.8. The van der Waals surface area contributed by atoms with Crippen molar-refractivity contribution in [1.29, 1.82) is 0 Å². The van der Waals surface area contributed by atoms with Crippen molar-refractivity contribution in [3.8, 4) is 0 Å². The first-order valence-electron chi connectivity index (χ1n) is 4.18. The van der Waals surface area contributed by atoms with Crippen LogP contribution in [0.2, 0.25) is 0 Å². The maximum absolute atomic E-state index is 10.3. The van der Waals surface area contributed by atoms with Gasteiger partial charge in [-0.2, -0.15) is 0 Å². The first-order chi connectivity index (χ1) is 7.00. The van der Waals surface area contributed by atoms with E-state index in [1.54, 1.807) is 11.6 Å². The molecule has 1 unspecified atom stereocenters. The van der Waals surface area contributed by atoms with Gasteiger partial charge < -0.3 is 15.9 Å². The number of thioether (sulfide) groups is 1. The molecule has 0 aliphatic heterocycles. The van der Waals surface area contributed by atoms with Gasteiger partial charge in [0.05, 0.1) is 12.5 Å². The van der Waals surface area contributed by atoms with E-state index in [1.807, 2.05) is 0 Å². The van der Waals surface area contributed by atoms with Crippen LogP contribution in [0.3, 0.4) is 0 Å². The zero-order valence-corrected chi connectivity index (χ0v) is 8.94. The number of hydrogen-bond acceptors (Lipinski definition) is 6. The number of aromatic nitrogens is 3.